The molecule has 2 rings (SSSR count). The number of cyclic esters (lactones) is 1. The summed E-state index contributed by atoms with van der Waals surface area (Å²) < 4.78 is 4.94. The predicted molar refractivity (Wildman–Crippen MR) is 72.3 cm³/mol. The molecule has 1 aromatic carbocycles. The summed E-state index contributed by atoms with van der Waals surface area (Å²) in [6, 6.07) is 7.46. The Kier molecular flexibility index (Phi) is 4.05. The van der Waals surface area contributed by atoms with Crippen molar-refractivity contribution in [3.8, 4) is 0 Å². The maximum Gasteiger partial charge on any atom is 0.414 e. The van der Waals surface area contributed by atoms with Gasteiger partial charge in [0.15, 0.2) is 0 Å². The Morgan fingerprint density at radius 1 is 1.39 bits per heavy atom. The second-order valence-electron chi connectivity index (χ2n) is 3.89. The monoisotopic (exact) mass is 263 g/mol. The van der Waals surface area contributed by atoms with Crippen LogP contribution >= 0.6 is 11.6 Å². The maximum absolute atomic E-state index is 11.5. The van der Waals surface area contributed by atoms with E-state index in [-0.39, 0.29) is 6.09 Å². The average molecular weight is 264 g/mol. The van der Waals surface area contributed by atoms with Gasteiger partial charge in [0.25, 0.3) is 0 Å². The molecule has 0 spiro atoms. The van der Waals surface area contributed by atoms with Gasteiger partial charge in [-0.05, 0) is 36.8 Å². The van der Waals surface area contributed by atoms with Gasteiger partial charge in [-0.15, -0.1) is 0 Å². The van der Waals surface area contributed by atoms with Gasteiger partial charge in [-0.1, -0.05) is 29.8 Å². The molecule has 1 saturated heterocycles. The number of rotatable bonds is 3. The lowest BCUT2D eigenvalue weighted by Gasteiger charge is -2.13. The van der Waals surface area contributed by atoms with Crippen LogP contribution in [0.1, 0.15) is 12.5 Å². The molecule has 1 heterocycles. The number of ether oxygens (including phenoxy) is 1. The van der Waals surface area contributed by atoms with Gasteiger partial charge < -0.3 is 4.74 Å². The topological polar surface area (TPSA) is 29.5 Å². The van der Waals surface area contributed by atoms with E-state index in [1.807, 2.05) is 49.4 Å². The Morgan fingerprint density at radius 2 is 2.11 bits per heavy atom. The first-order valence-electron chi connectivity index (χ1n) is 5.75. The molecular weight excluding hydrogens is 250 g/mol. The number of halogens is 1. The molecule has 94 valence electrons. The minimum atomic E-state index is -0.298. The summed E-state index contributed by atoms with van der Waals surface area (Å²) in [6.45, 7) is 2.94. The number of carbonyl (C=O) groups is 1. The lowest BCUT2D eigenvalue weighted by molar-refractivity contribution is 0.165. The molecule has 1 aliphatic rings. The number of nitrogens with zero attached hydrogens (tertiary/aromatic N) is 1. The second kappa shape index (κ2) is 5.74. The fourth-order valence-electron chi connectivity index (χ4n) is 1.74. The minimum Gasteiger partial charge on any atom is -0.447 e. The molecule has 1 aromatic rings. The zero-order valence-electron chi connectivity index (χ0n) is 10.1. The average Bonchev–Trinajstić information content (AvgIpc) is 2.78. The molecular formula is C14H14ClNO2. The molecule has 18 heavy (non-hydrogen) atoms. The van der Waals surface area contributed by atoms with E-state index in [0.29, 0.717) is 18.2 Å². The van der Waals surface area contributed by atoms with Crippen LogP contribution in [0.2, 0.25) is 5.02 Å². The number of carbonyl (C=O) groups excluding carboxylic acids is 1. The summed E-state index contributed by atoms with van der Waals surface area (Å²) in [5.74, 6) is 0. The van der Waals surface area contributed by atoms with E-state index in [1.165, 1.54) is 0 Å². The van der Waals surface area contributed by atoms with Crippen molar-refractivity contribution in [2.45, 2.75) is 6.92 Å². The van der Waals surface area contributed by atoms with Crippen LogP contribution in [0, 0.1) is 0 Å². The van der Waals surface area contributed by atoms with E-state index in [0.717, 1.165) is 11.3 Å². The van der Waals surface area contributed by atoms with Crippen LogP contribution in [-0.2, 0) is 4.74 Å². The first-order chi connectivity index (χ1) is 8.70. The summed E-state index contributed by atoms with van der Waals surface area (Å²) in [5, 5.41) is 0.695. The Labute approximate surface area is 111 Å². The highest BCUT2D eigenvalue weighted by molar-refractivity contribution is 6.30. The van der Waals surface area contributed by atoms with Gasteiger partial charge in [0, 0.05) is 10.7 Å². The molecule has 0 aromatic heterocycles. The van der Waals surface area contributed by atoms with Crippen LogP contribution in [0.5, 0.6) is 0 Å². The van der Waals surface area contributed by atoms with Crippen molar-refractivity contribution < 1.29 is 9.53 Å². The fourth-order valence-corrected chi connectivity index (χ4v) is 1.87. The molecule has 0 atom stereocenters. The maximum atomic E-state index is 11.5. The van der Waals surface area contributed by atoms with Crippen molar-refractivity contribution in [3.05, 3.63) is 52.7 Å². The first-order valence-corrected chi connectivity index (χ1v) is 6.13. The van der Waals surface area contributed by atoms with Crippen molar-refractivity contribution in [1.29, 1.82) is 0 Å². The fraction of sp³-hybridized carbons (Fsp3) is 0.214. The third-order valence-corrected chi connectivity index (χ3v) is 2.85. The first kappa shape index (κ1) is 12.7. The summed E-state index contributed by atoms with van der Waals surface area (Å²) in [4.78, 5) is 13.2. The summed E-state index contributed by atoms with van der Waals surface area (Å²) in [5.41, 5.74) is 1.81. The highest BCUT2D eigenvalue weighted by Crippen LogP contribution is 2.18. The van der Waals surface area contributed by atoms with Gasteiger partial charge in [0.05, 0.1) is 6.54 Å². The molecule has 0 radical (unpaired) electrons. The number of hydrogen-bond acceptors (Lipinski definition) is 2. The quantitative estimate of drug-likeness (QED) is 0.778. The lowest BCUT2D eigenvalue weighted by atomic mass is 10.2. The predicted octanol–water partition coefficient (Wildman–Crippen LogP) is 3.71. The van der Waals surface area contributed by atoms with Crippen molar-refractivity contribution >= 4 is 23.8 Å². The third kappa shape index (κ3) is 2.93. The zero-order chi connectivity index (χ0) is 13.0. The molecule has 0 aliphatic carbocycles. The third-order valence-electron chi connectivity index (χ3n) is 2.59. The summed E-state index contributed by atoms with van der Waals surface area (Å²) >= 11 is 5.84. The molecule has 4 heteroatoms. The molecule has 1 amide bonds. The highest BCUT2D eigenvalue weighted by Gasteiger charge is 2.23. The van der Waals surface area contributed by atoms with Gasteiger partial charge in [0.1, 0.15) is 6.61 Å². The zero-order valence-corrected chi connectivity index (χ0v) is 10.9. The normalized spacial score (nSPS) is 16.4. The van der Waals surface area contributed by atoms with Gasteiger partial charge in [-0.2, -0.15) is 0 Å². The lowest BCUT2D eigenvalue weighted by Crippen LogP contribution is -2.22. The Balaban J connectivity index is 2.29. The number of amides is 1. The molecule has 0 unspecified atom stereocenters. The van der Waals surface area contributed by atoms with Crippen LogP contribution in [0.25, 0.3) is 6.08 Å². The second-order valence-corrected chi connectivity index (χ2v) is 4.32. The minimum absolute atomic E-state index is 0.298. The van der Waals surface area contributed by atoms with Gasteiger partial charge in [-0.25, -0.2) is 4.79 Å². The van der Waals surface area contributed by atoms with Crippen molar-refractivity contribution in [2.24, 2.45) is 0 Å². The van der Waals surface area contributed by atoms with Crippen LogP contribution < -0.4 is 0 Å². The van der Waals surface area contributed by atoms with Crippen molar-refractivity contribution in [2.75, 3.05) is 13.2 Å². The van der Waals surface area contributed by atoms with E-state index in [9.17, 15) is 4.79 Å². The van der Waals surface area contributed by atoms with E-state index in [1.54, 1.807) is 4.90 Å². The standard InChI is InChI=1S/C14H14ClNO2/c1-2-3-13(16-8-9-18-14(16)17)10-11-4-6-12(15)7-5-11/h2-7,10H,8-9H2,1H3/b3-2-,13-10+. The molecule has 1 fully saturated rings. The number of hydrogen-bond donors (Lipinski definition) is 0. The largest absolute Gasteiger partial charge is 0.447 e. The molecule has 1 aliphatic heterocycles. The Bertz CT molecular complexity index is 491. The molecule has 0 bridgehead atoms. The van der Waals surface area contributed by atoms with Crippen molar-refractivity contribution in [1.82, 2.24) is 4.90 Å². The van der Waals surface area contributed by atoms with E-state index < -0.39 is 0 Å². The molecule has 0 saturated carbocycles. The van der Waals surface area contributed by atoms with Crippen LogP contribution in [0.15, 0.2) is 42.1 Å². The molecule has 0 N–H and O–H groups in total. The number of benzene rings is 1. The Morgan fingerprint density at radius 3 is 2.67 bits per heavy atom. The van der Waals surface area contributed by atoms with Gasteiger partial charge >= 0.3 is 6.09 Å². The van der Waals surface area contributed by atoms with E-state index in [2.05, 4.69) is 0 Å². The van der Waals surface area contributed by atoms with Gasteiger partial charge in [-0.3, -0.25) is 4.90 Å². The van der Waals surface area contributed by atoms with Gasteiger partial charge in [0.2, 0.25) is 0 Å². The number of allylic oxidation sites excluding steroid dienone is 2. The Hall–Kier alpha value is -1.74. The smallest absolute Gasteiger partial charge is 0.414 e. The SMILES string of the molecule is C/C=C\C(=C/c1ccc(Cl)cc1)N1CCOC1=O. The van der Waals surface area contributed by atoms with Crippen molar-refractivity contribution in [3.63, 3.8) is 0 Å². The van der Waals surface area contributed by atoms with E-state index >= 15 is 0 Å². The van der Waals surface area contributed by atoms with E-state index in [4.69, 9.17) is 16.3 Å². The summed E-state index contributed by atoms with van der Waals surface area (Å²) in [7, 11) is 0. The highest BCUT2D eigenvalue weighted by atomic mass is 35.5. The van der Waals surface area contributed by atoms with Crippen LogP contribution in [0.3, 0.4) is 0 Å². The van der Waals surface area contributed by atoms with Crippen LogP contribution in [0.4, 0.5) is 4.79 Å². The molecule has 3 nitrogen and oxygen atoms in total. The van der Waals surface area contributed by atoms with Crippen LogP contribution in [-0.4, -0.2) is 24.1 Å². The summed E-state index contributed by atoms with van der Waals surface area (Å²) in [6.07, 6.45) is 5.42.